The summed E-state index contributed by atoms with van der Waals surface area (Å²) >= 11 is 0. The van der Waals surface area contributed by atoms with Crippen molar-refractivity contribution in [3.63, 3.8) is 0 Å². The van der Waals surface area contributed by atoms with Gasteiger partial charge >= 0.3 is 0 Å². The summed E-state index contributed by atoms with van der Waals surface area (Å²) in [7, 11) is 1.74. The summed E-state index contributed by atoms with van der Waals surface area (Å²) in [6.07, 6.45) is 4.22. The maximum absolute atomic E-state index is 12.1. The predicted molar refractivity (Wildman–Crippen MR) is 65.5 cm³/mol. The largest absolute Gasteiger partial charge is 0.343 e. The lowest BCUT2D eigenvalue weighted by molar-refractivity contribution is 0.0790. The maximum atomic E-state index is 12.1. The molecular weight excluding hydrogens is 246 g/mol. The van der Waals surface area contributed by atoms with Crippen LogP contribution in [-0.2, 0) is 6.42 Å². The second-order valence-electron chi connectivity index (χ2n) is 4.81. The predicted octanol–water partition coefficient (Wildman–Crippen LogP) is 0.985. The van der Waals surface area contributed by atoms with Gasteiger partial charge in [0, 0.05) is 31.6 Å². The minimum atomic E-state index is -0.0911. The summed E-state index contributed by atoms with van der Waals surface area (Å²) < 4.78 is 4.65. The monoisotopic (exact) mass is 261 g/mol. The molecule has 1 saturated carbocycles. The van der Waals surface area contributed by atoms with E-state index < -0.39 is 0 Å². The zero-order valence-corrected chi connectivity index (χ0v) is 10.7. The number of carbonyl (C=O) groups is 1. The van der Waals surface area contributed by atoms with Crippen LogP contribution in [0.1, 0.15) is 40.8 Å². The minimum Gasteiger partial charge on any atom is -0.343 e. The molecule has 2 aromatic heterocycles. The molecule has 0 saturated heterocycles. The molecule has 2 aromatic rings. The van der Waals surface area contributed by atoms with Crippen molar-refractivity contribution in [2.24, 2.45) is 0 Å². The lowest BCUT2D eigenvalue weighted by atomic mass is 10.2. The fourth-order valence-electron chi connectivity index (χ4n) is 1.92. The minimum absolute atomic E-state index is 0.0911. The van der Waals surface area contributed by atoms with E-state index in [4.69, 9.17) is 0 Å². The number of rotatable bonds is 5. The van der Waals surface area contributed by atoms with Gasteiger partial charge in [0.1, 0.15) is 5.69 Å². The third kappa shape index (κ3) is 2.64. The molecule has 1 amide bonds. The molecule has 1 aliphatic carbocycles. The Morgan fingerprint density at radius 3 is 3.11 bits per heavy atom. The van der Waals surface area contributed by atoms with Gasteiger partial charge in [-0.25, -0.2) is 0 Å². The maximum Gasteiger partial charge on any atom is 0.274 e. The summed E-state index contributed by atoms with van der Waals surface area (Å²) in [6.45, 7) is 0.532. The molecule has 100 valence electrons. The van der Waals surface area contributed by atoms with Crippen LogP contribution in [0, 0.1) is 0 Å². The summed E-state index contributed by atoms with van der Waals surface area (Å²) in [5, 5.41) is 10.7. The molecule has 3 rings (SSSR count). The highest BCUT2D eigenvalue weighted by Crippen LogP contribution is 2.39. The van der Waals surface area contributed by atoms with Crippen molar-refractivity contribution in [1.29, 1.82) is 0 Å². The summed E-state index contributed by atoms with van der Waals surface area (Å²) in [5.74, 6) is 1.07. The quantitative estimate of drug-likeness (QED) is 0.867. The van der Waals surface area contributed by atoms with Crippen molar-refractivity contribution in [2.75, 3.05) is 13.6 Å². The van der Waals surface area contributed by atoms with Crippen molar-refractivity contribution in [3.8, 4) is 0 Å². The highest BCUT2D eigenvalue weighted by Gasteiger charge is 2.27. The number of hydrogen-bond donors (Lipinski definition) is 1. The lowest BCUT2D eigenvalue weighted by Gasteiger charge is -2.14. The number of aromatic nitrogens is 4. The molecule has 19 heavy (non-hydrogen) atoms. The van der Waals surface area contributed by atoms with E-state index >= 15 is 0 Å². The van der Waals surface area contributed by atoms with Gasteiger partial charge in [-0.3, -0.25) is 9.89 Å². The number of nitrogens with zero attached hydrogens (tertiary/aromatic N) is 4. The lowest BCUT2D eigenvalue weighted by Crippen LogP contribution is -2.29. The Morgan fingerprint density at radius 2 is 2.42 bits per heavy atom. The van der Waals surface area contributed by atoms with Gasteiger partial charge in [-0.1, -0.05) is 5.16 Å². The van der Waals surface area contributed by atoms with Crippen molar-refractivity contribution in [3.05, 3.63) is 29.7 Å². The first kappa shape index (κ1) is 11.9. The van der Waals surface area contributed by atoms with E-state index in [1.807, 2.05) is 6.07 Å². The Balaban J connectivity index is 1.58. The van der Waals surface area contributed by atoms with Crippen molar-refractivity contribution in [2.45, 2.75) is 25.2 Å². The molecule has 0 unspecified atom stereocenters. The third-order valence-corrected chi connectivity index (χ3v) is 3.26. The second-order valence-corrected chi connectivity index (χ2v) is 4.81. The SMILES string of the molecule is CN(CCc1ncon1)C(=O)c1cc(C2CC2)[nH]n1. The van der Waals surface area contributed by atoms with Crippen LogP contribution in [0.3, 0.4) is 0 Å². The summed E-state index contributed by atoms with van der Waals surface area (Å²) in [6, 6.07) is 1.85. The number of nitrogens with one attached hydrogen (secondary N) is 1. The number of H-pyrrole nitrogens is 1. The highest BCUT2D eigenvalue weighted by molar-refractivity contribution is 5.92. The molecule has 7 heteroatoms. The van der Waals surface area contributed by atoms with Gasteiger partial charge in [-0.2, -0.15) is 10.1 Å². The van der Waals surface area contributed by atoms with E-state index in [0.717, 1.165) is 5.69 Å². The van der Waals surface area contributed by atoms with E-state index in [2.05, 4.69) is 24.9 Å². The van der Waals surface area contributed by atoms with E-state index in [1.165, 1.54) is 19.2 Å². The first-order valence-electron chi connectivity index (χ1n) is 6.30. The molecule has 2 heterocycles. The highest BCUT2D eigenvalue weighted by atomic mass is 16.5. The van der Waals surface area contributed by atoms with Crippen LogP contribution in [0.4, 0.5) is 0 Å². The molecule has 1 N–H and O–H groups in total. The van der Waals surface area contributed by atoms with E-state index in [9.17, 15) is 4.79 Å². The van der Waals surface area contributed by atoms with E-state index in [0.29, 0.717) is 30.4 Å². The van der Waals surface area contributed by atoms with Crippen molar-refractivity contribution in [1.82, 2.24) is 25.2 Å². The normalized spacial score (nSPS) is 14.6. The molecular formula is C12H15N5O2. The number of amides is 1. The van der Waals surface area contributed by atoms with E-state index in [1.54, 1.807) is 11.9 Å². The van der Waals surface area contributed by atoms with Gasteiger partial charge in [-0.15, -0.1) is 0 Å². The molecule has 0 aromatic carbocycles. The van der Waals surface area contributed by atoms with Gasteiger partial charge < -0.3 is 9.42 Å². The molecule has 0 aliphatic heterocycles. The standard InChI is InChI=1S/C12H15N5O2/c1-17(5-4-11-13-7-19-16-11)12(18)10-6-9(14-15-10)8-2-3-8/h6-8H,2-5H2,1H3,(H,14,15). The number of aromatic amines is 1. The van der Waals surface area contributed by atoms with Gasteiger partial charge in [0.25, 0.3) is 5.91 Å². The van der Waals surface area contributed by atoms with Gasteiger partial charge in [0.2, 0.25) is 6.39 Å². The Bertz CT molecular complexity index is 558. The number of likely N-dealkylation sites (N-methyl/N-ethyl adjacent to an activating group) is 1. The molecule has 0 spiro atoms. The first-order chi connectivity index (χ1) is 9.24. The van der Waals surface area contributed by atoms with Gasteiger partial charge in [-0.05, 0) is 18.9 Å². The molecule has 1 fully saturated rings. The average molecular weight is 261 g/mol. The molecule has 0 bridgehead atoms. The fourth-order valence-corrected chi connectivity index (χ4v) is 1.92. The van der Waals surface area contributed by atoms with Crippen LogP contribution < -0.4 is 0 Å². The third-order valence-electron chi connectivity index (χ3n) is 3.26. The average Bonchev–Trinajstić information content (AvgIpc) is 2.95. The van der Waals surface area contributed by atoms with Crippen LogP contribution in [0.2, 0.25) is 0 Å². The Kier molecular flexibility index (Phi) is 3.02. The van der Waals surface area contributed by atoms with E-state index in [-0.39, 0.29) is 5.91 Å². The smallest absolute Gasteiger partial charge is 0.274 e. The van der Waals surface area contributed by atoms with Crippen LogP contribution in [-0.4, -0.2) is 44.7 Å². The number of hydrogen-bond acceptors (Lipinski definition) is 5. The zero-order valence-electron chi connectivity index (χ0n) is 10.7. The molecule has 1 aliphatic rings. The molecule has 7 nitrogen and oxygen atoms in total. The zero-order chi connectivity index (χ0) is 13.2. The van der Waals surface area contributed by atoms with Crippen molar-refractivity contribution < 1.29 is 9.32 Å². The summed E-state index contributed by atoms with van der Waals surface area (Å²) in [5.41, 5.74) is 1.53. The molecule has 0 radical (unpaired) electrons. The Labute approximate surface area is 110 Å². The fraction of sp³-hybridized carbons (Fsp3) is 0.500. The second kappa shape index (κ2) is 4.83. The number of carbonyl (C=O) groups excluding carboxylic acids is 1. The summed E-state index contributed by atoms with van der Waals surface area (Å²) in [4.78, 5) is 17.7. The first-order valence-corrected chi connectivity index (χ1v) is 6.30. The van der Waals surface area contributed by atoms with Crippen LogP contribution in [0.15, 0.2) is 17.0 Å². The Morgan fingerprint density at radius 1 is 1.58 bits per heavy atom. The van der Waals surface area contributed by atoms with Crippen LogP contribution in [0.5, 0.6) is 0 Å². The van der Waals surface area contributed by atoms with Crippen LogP contribution >= 0.6 is 0 Å². The molecule has 0 atom stereocenters. The Hall–Kier alpha value is -2.18. The van der Waals surface area contributed by atoms with Crippen molar-refractivity contribution >= 4 is 5.91 Å². The van der Waals surface area contributed by atoms with Gasteiger partial charge in [0.05, 0.1) is 0 Å². The topological polar surface area (TPSA) is 87.9 Å². The van der Waals surface area contributed by atoms with Crippen LogP contribution in [0.25, 0.3) is 0 Å². The van der Waals surface area contributed by atoms with Gasteiger partial charge in [0.15, 0.2) is 5.82 Å².